The molecule has 0 radical (unpaired) electrons. The molecule has 0 bridgehead atoms. The molecular weight excluding hydrogens is 465 g/mol. The number of nitrogens with two attached hydrogens (primary N) is 1. The number of nitrogens with zero attached hydrogens (tertiary/aromatic N) is 4. The van der Waals surface area contributed by atoms with Crippen molar-refractivity contribution in [2.75, 3.05) is 32.7 Å². The van der Waals surface area contributed by atoms with Crippen molar-refractivity contribution >= 4 is 47.4 Å². The Bertz CT molecular complexity index is 621. The van der Waals surface area contributed by atoms with Crippen LogP contribution in [0.5, 0.6) is 0 Å². The molecule has 1 aromatic rings. The lowest BCUT2D eigenvalue weighted by Crippen LogP contribution is -2.53. The lowest BCUT2D eigenvalue weighted by molar-refractivity contribution is 0.0186. The number of hydrogen-bond acceptors (Lipinski definition) is 5. The number of rotatable bonds is 3. The summed E-state index contributed by atoms with van der Waals surface area (Å²) in [6.45, 7) is 12.9. The van der Waals surface area contributed by atoms with E-state index in [4.69, 9.17) is 10.5 Å². The summed E-state index contributed by atoms with van der Waals surface area (Å²) < 4.78 is 5.40. The molecule has 2 rings (SSSR count). The highest BCUT2D eigenvalue weighted by molar-refractivity contribution is 14.0. The van der Waals surface area contributed by atoms with Crippen molar-refractivity contribution in [3.63, 3.8) is 0 Å². The van der Waals surface area contributed by atoms with Gasteiger partial charge < -0.3 is 20.3 Å². The number of aliphatic imine (C=N–C) groups is 1. The highest BCUT2D eigenvalue weighted by atomic mass is 127. The fourth-order valence-corrected chi connectivity index (χ4v) is 3.27. The van der Waals surface area contributed by atoms with Gasteiger partial charge in [-0.1, -0.05) is 6.92 Å². The third-order valence-electron chi connectivity index (χ3n) is 3.84. The Balaban J connectivity index is 0.00000338. The molecule has 2 heterocycles. The molecule has 0 saturated carbocycles. The van der Waals surface area contributed by atoms with Crippen LogP contribution in [0.15, 0.2) is 11.2 Å². The average Bonchev–Trinajstić information content (AvgIpc) is 2.97. The molecule has 1 unspecified atom stereocenters. The molecule has 1 saturated heterocycles. The van der Waals surface area contributed by atoms with Gasteiger partial charge in [-0.05, 0) is 27.7 Å². The smallest absolute Gasteiger partial charge is 0.410 e. The summed E-state index contributed by atoms with van der Waals surface area (Å²) in [4.78, 5) is 25.9. The fourth-order valence-electron chi connectivity index (χ4n) is 2.45. The number of carbonyl (C=O) groups excluding carboxylic acids is 1. The van der Waals surface area contributed by atoms with Gasteiger partial charge >= 0.3 is 6.09 Å². The number of aromatic nitrogens is 1. The third kappa shape index (κ3) is 6.90. The maximum atomic E-state index is 12.1. The monoisotopic (exact) mass is 495 g/mol. The second-order valence-corrected chi connectivity index (χ2v) is 8.63. The van der Waals surface area contributed by atoms with Crippen LogP contribution in [0.4, 0.5) is 4.79 Å². The predicted octanol–water partition coefficient (Wildman–Crippen LogP) is 3.04. The van der Waals surface area contributed by atoms with Gasteiger partial charge in [0.25, 0.3) is 0 Å². The third-order valence-corrected chi connectivity index (χ3v) is 4.99. The van der Waals surface area contributed by atoms with E-state index in [-0.39, 0.29) is 36.0 Å². The van der Waals surface area contributed by atoms with E-state index in [0.717, 1.165) is 5.01 Å². The molecule has 1 fully saturated rings. The van der Waals surface area contributed by atoms with E-state index < -0.39 is 5.60 Å². The van der Waals surface area contributed by atoms with Crippen LogP contribution in [0.25, 0.3) is 0 Å². The molecule has 1 aliphatic heterocycles. The number of ether oxygens (including phenoxy) is 1. The van der Waals surface area contributed by atoms with Gasteiger partial charge in [0.1, 0.15) is 5.60 Å². The quantitative estimate of drug-likeness (QED) is 0.396. The van der Waals surface area contributed by atoms with Crippen molar-refractivity contribution in [2.24, 2.45) is 10.7 Å². The summed E-state index contributed by atoms with van der Waals surface area (Å²) in [5.41, 5.74) is 5.65. The lowest BCUT2D eigenvalue weighted by Gasteiger charge is -2.36. The topological polar surface area (TPSA) is 84.0 Å². The molecule has 9 heteroatoms. The molecule has 0 spiro atoms. The van der Waals surface area contributed by atoms with Crippen LogP contribution in [0.1, 0.15) is 43.5 Å². The Hall–Kier alpha value is -1.10. The van der Waals surface area contributed by atoms with Gasteiger partial charge in [0, 0.05) is 43.2 Å². The first-order valence-electron chi connectivity index (χ1n) is 8.61. The van der Waals surface area contributed by atoms with Crippen molar-refractivity contribution in [1.82, 2.24) is 14.8 Å². The second kappa shape index (κ2) is 9.72. The molecule has 1 amide bonds. The number of hydrogen-bond donors (Lipinski definition) is 1. The van der Waals surface area contributed by atoms with Gasteiger partial charge in [-0.25, -0.2) is 9.78 Å². The molecular formula is C17H30IN5O2S. The number of piperazine rings is 1. The molecule has 26 heavy (non-hydrogen) atoms. The Kier molecular flexibility index (Phi) is 8.58. The normalized spacial score (nSPS) is 16.9. The molecule has 0 aromatic carbocycles. The molecule has 1 atom stereocenters. The number of carbonyl (C=O) groups is 1. The number of thiazole rings is 1. The summed E-state index contributed by atoms with van der Waals surface area (Å²) in [6, 6.07) is 0. The molecule has 148 valence electrons. The Morgan fingerprint density at radius 3 is 2.42 bits per heavy atom. The average molecular weight is 495 g/mol. The second-order valence-electron chi connectivity index (χ2n) is 7.36. The number of amides is 1. The number of halogens is 1. The number of aryl methyl sites for hydroxylation is 1. The zero-order valence-electron chi connectivity index (χ0n) is 16.2. The summed E-state index contributed by atoms with van der Waals surface area (Å²) in [5.74, 6) is 0.782. The van der Waals surface area contributed by atoms with Gasteiger partial charge in [-0.3, -0.25) is 4.99 Å². The van der Waals surface area contributed by atoms with E-state index in [9.17, 15) is 4.79 Å². The maximum absolute atomic E-state index is 12.1. The first kappa shape index (κ1) is 22.9. The van der Waals surface area contributed by atoms with Crippen LogP contribution in [-0.2, 0) is 4.74 Å². The molecule has 0 aliphatic carbocycles. The van der Waals surface area contributed by atoms with Crippen LogP contribution < -0.4 is 5.73 Å². The SMILES string of the molecule is Cc1cnc(C(C)CN=C(N)N2CCN(C(=O)OC(C)(C)C)CC2)s1.I. The summed E-state index contributed by atoms with van der Waals surface area (Å²) in [6.07, 6.45) is 1.62. The summed E-state index contributed by atoms with van der Waals surface area (Å²) in [5, 5.41) is 1.09. The van der Waals surface area contributed by atoms with E-state index >= 15 is 0 Å². The highest BCUT2D eigenvalue weighted by Gasteiger charge is 2.26. The highest BCUT2D eigenvalue weighted by Crippen LogP contribution is 2.21. The van der Waals surface area contributed by atoms with E-state index in [0.29, 0.717) is 38.7 Å². The predicted molar refractivity (Wildman–Crippen MR) is 117 cm³/mol. The first-order valence-corrected chi connectivity index (χ1v) is 9.42. The summed E-state index contributed by atoms with van der Waals surface area (Å²) in [7, 11) is 0. The number of guanidine groups is 1. The van der Waals surface area contributed by atoms with Gasteiger partial charge in [-0.2, -0.15) is 0 Å². The fraction of sp³-hybridized carbons (Fsp3) is 0.706. The van der Waals surface area contributed by atoms with Gasteiger partial charge in [-0.15, -0.1) is 35.3 Å². The molecule has 1 aromatic heterocycles. The molecule has 1 aliphatic rings. The Morgan fingerprint density at radius 1 is 1.35 bits per heavy atom. The van der Waals surface area contributed by atoms with Crippen molar-refractivity contribution in [1.29, 1.82) is 0 Å². The van der Waals surface area contributed by atoms with E-state index in [1.54, 1.807) is 16.2 Å². The van der Waals surface area contributed by atoms with Crippen molar-refractivity contribution in [2.45, 2.75) is 46.1 Å². The van der Waals surface area contributed by atoms with Gasteiger partial charge in [0.05, 0.1) is 11.6 Å². The van der Waals surface area contributed by atoms with Crippen LogP contribution in [0, 0.1) is 6.92 Å². The maximum Gasteiger partial charge on any atom is 0.410 e. The van der Waals surface area contributed by atoms with E-state index in [1.165, 1.54) is 4.88 Å². The van der Waals surface area contributed by atoms with E-state index in [2.05, 4.69) is 23.8 Å². The van der Waals surface area contributed by atoms with Crippen LogP contribution >= 0.6 is 35.3 Å². The Morgan fingerprint density at radius 2 is 1.92 bits per heavy atom. The van der Waals surface area contributed by atoms with Crippen molar-refractivity contribution < 1.29 is 9.53 Å². The zero-order chi connectivity index (χ0) is 18.6. The minimum absolute atomic E-state index is 0. The van der Waals surface area contributed by atoms with Gasteiger partial charge in [0.2, 0.25) is 0 Å². The van der Waals surface area contributed by atoms with Crippen molar-refractivity contribution in [3.8, 4) is 0 Å². The largest absolute Gasteiger partial charge is 0.444 e. The van der Waals surface area contributed by atoms with Gasteiger partial charge in [0.15, 0.2) is 5.96 Å². The van der Waals surface area contributed by atoms with Crippen LogP contribution in [0.3, 0.4) is 0 Å². The molecule has 2 N–H and O–H groups in total. The summed E-state index contributed by atoms with van der Waals surface area (Å²) >= 11 is 1.70. The minimum Gasteiger partial charge on any atom is -0.444 e. The minimum atomic E-state index is -0.473. The van der Waals surface area contributed by atoms with Crippen LogP contribution in [0.2, 0.25) is 0 Å². The standard InChI is InChI=1S/C17H29N5O2S.HI/c1-12(14-19-11-13(2)25-14)10-20-15(18)21-6-8-22(9-7-21)16(23)24-17(3,4)5;/h11-12H,6-10H2,1-5H3,(H2,18,20);1H. The van der Waals surface area contributed by atoms with Crippen molar-refractivity contribution in [3.05, 3.63) is 16.1 Å². The van der Waals surface area contributed by atoms with Crippen LogP contribution in [-0.4, -0.2) is 65.2 Å². The first-order chi connectivity index (χ1) is 11.7. The molecule has 7 nitrogen and oxygen atoms in total. The Labute approximate surface area is 177 Å². The van der Waals surface area contributed by atoms with E-state index in [1.807, 2.05) is 31.9 Å². The lowest BCUT2D eigenvalue weighted by atomic mass is 10.2. The zero-order valence-corrected chi connectivity index (χ0v) is 19.3.